The Morgan fingerprint density at radius 1 is 0.857 bits per heavy atom. The second-order valence-corrected chi connectivity index (χ2v) is 8.80. The number of hydrogen-bond donors (Lipinski definition) is 2. The van der Waals surface area contributed by atoms with E-state index in [4.69, 9.17) is 0 Å². The zero-order valence-electron chi connectivity index (χ0n) is 15.4. The highest BCUT2D eigenvalue weighted by molar-refractivity contribution is 7.16. The monoisotopic (exact) mass is 384 g/mol. The van der Waals surface area contributed by atoms with Crippen LogP contribution in [0.2, 0.25) is 0 Å². The molecule has 1 unspecified atom stereocenters. The Hall–Kier alpha value is -2.85. The van der Waals surface area contributed by atoms with E-state index in [2.05, 4.69) is 65.2 Å². The summed E-state index contributed by atoms with van der Waals surface area (Å²) in [5, 5.41) is 12.7. The molecule has 138 valence electrons. The minimum atomic E-state index is -0.226. The summed E-state index contributed by atoms with van der Waals surface area (Å²) < 4.78 is 0. The fraction of sp³-hybridized carbons (Fsp3) is 0.208. The van der Waals surface area contributed by atoms with Crippen molar-refractivity contribution in [3.63, 3.8) is 0 Å². The van der Waals surface area contributed by atoms with Gasteiger partial charge in [0.1, 0.15) is 11.2 Å². The standard InChI is InChI=1S/C24H20N2OS/c27-23-21-18-11-5-6-12-19(18)28-24(21)26-22(25-23)20-16-9-3-1-7-14(16)13-15-8-2-4-10-17(15)20/h1-4,7-10,13,22,26H,5-6,11-12H2,(H,25,27). The first-order valence-electron chi connectivity index (χ1n) is 9.92. The first-order chi connectivity index (χ1) is 13.8. The van der Waals surface area contributed by atoms with Crippen molar-refractivity contribution >= 4 is 43.8 Å². The lowest BCUT2D eigenvalue weighted by Crippen LogP contribution is -2.38. The van der Waals surface area contributed by atoms with Crippen LogP contribution in [0.4, 0.5) is 5.00 Å². The molecule has 2 aliphatic rings. The van der Waals surface area contributed by atoms with Crippen molar-refractivity contribution in [2.24, 2.45) is 0 Å². The zero-order chi connectivity index (χ0) is 18.7. The first kappa shape index (κ1) is 16.1. The molecule has 1 aliphatic heterocycles. The number of aryl methyl sites for hydroxylation is 1. The van der Waals surface area contributed by atoms with Crippen LogP contribution >= 0.6 is 11.3 Å². The van der Waals surface area contributed by atoms with E-state index in [0.29, 0.717) is 0 Å². The number of anilines is 1. The smallest absolute Gasteiger partial charge is 0.256 e. The van der Waals surface area contributed by atoms with E-state index in [1.807, 2.05) is 0 Å². The average Bonchev–Trinajstić information content (AvgIpc) is 3.10. The number of thiophene rings is 1. The molecule has 1 amide bonds. The molecule has 4 heteroatoms. The van der Waals surface area contributed by atoms with E-state index in [-0.39, 0.29) is 12.1 Å². The van der Waals surface area contributed by atoms with Gasteiger partial charge in [0.15, 0.2) is 0 Å². The minimum absolute atomic E-state index is 0.0650. The number of nitrogens with one attached hydrogen (secondary N) is 2. The van der Waals surface area contributed by atoms with E-state index in [1.165, 1.54) is 44.8 Å². The molecule has 0 bridgehead atoms. The first-order valence-corrected chi connectivity index (χ1v) is 10.7. The highest BCUT2D eigenvalue weighted by Crippen LogP contribution is 2.43. The highest BCUT2D eigenvalue weighted by Gasteiger charge is 2.33. The lowest BCUT2D eigenvalue weighted by atomic mass is 9.92. The van der Waals surface area contributed by atoms with Gasteiger partial charge in [-0.1, -0.05) is 48.5 Å². The summed E-state index contributed by atoms with van der Waals surface area (Å²) in [4.78, 5) is 14.5. The summed E-state index contributed by atoms with van der Waals surface area (Å²) in [6, 6.07) is 19.1. The van der Waals surface area contributed by atoms with Gasteiger partial charge in [-0.2, -0.15) is 0 Å². The SMILES string of the molecule is O=C1NC(c2c3ccccc3cc3ccccc23)Nc2sc3c(c21)CCCC3. The average molecular weight is 385 g/mol. The fourth-order valence-electron chi connectivity index (χ4n) is 4.78. The number of fused-ring (bicyclic) bond motifs is 5. The number of benzene rings is 3. The van der Waals surface area contributed by atoms with Crippen molar-refractivity contribution < 1.29 is 4.79 Å². The molecule has 0 saturated heterocycles. The molecule has 1 aromatic heterocycles. The zero-order valence-corrected chi connectivity index (χ0v) is 16.2. The Bertz CT molecular complexity index is 1200. The molecule has 28 heavy (non-hydrogen) atoms. The largest absolute Gasteiger partial charge is 0.353 e. The summed E-state index contributed by atoms with van der Waals surface area (Å²) >= 11 is 1.78. The van der Waals surface area contributed by atoms with Crippen molar-refractivity contribution in [3.8, 4) is 0 Å². The van der Waals surface area contributed by atoms with Gasteiger partial charge in [-0.05, 0) is 58.9 Å². The highest BCUT2D eigenvalue weighted by atomic mass is 32.1. The summed E-state index contributed by atoms with van der Waals surface area (Å²) in [5.41, 5.74) is 3.32. The van der Waals surface area contributed by atoms with Crippen molar-refractivity contribution in [1.82, 2.24) is 5.32 Å². The number of carbonyl (C=O) groups is 1. The third-order valence-corrected chi connectivity index (χ3v) is 7.27. The van der Waals surface area contributed by atoms with Crippen LogP contribution in [0.3, 0.4) is 0 Å². The van der Waals surface area contributed by atoms with Gasteiger partial charge >= 0.3 is 0 Å². The molecule has 0 fully saturated rings. The van der Waals surface area contributed by atoms with Gasteiger partial charge in [-0.25, -0.2) is 0 Å². The third-order valence-electron chi connectivity index (χ3n) is 6.05. The van der Waals surface area contributed by atoms with E-state index in [0.717, 1.165) is 29.0 Å². The molecule has 0 saturated carbocycles. The van der Waals surface area contributed by atoms with Gasteiger partial charge in [0.05, 0.1) is 5.56 Å². The lowest BCUT2D eigenvalue weighted by molar-refractivity contribution is 0.0936. The van der Waals surface area contributed by atoms with Crippen LogP contribution in [0, 0.1) is 0 Å². The van der Waals surface area contributed by atoms with Gasteiger partial charge < -0.3 is 10.6 Å². The molecule has 6 rings (SSSR count). The maximum Gasteiger partial charge on any atom is 0.256 e. The van der Waals surface area contributed by atoms with Gasteiger partial charge in [-0.15, -0.1) is 11.3 Å². The van der Waals surface area contributed by atoms with E-state index < -0.39 is 0 Å². The molecule has 4 aromatic rings. The van der Waals surface area contributed by atoms with Gasteiger partial charge in [0.2, 0.25) is 0 Å². The molecule has 1 atom stereocenters. The number of carbonyl (C=O) groups excluding carboxylic acids is 1. The van der Waals surface area contributed by atoms with Crippen molar-refractivity contribution in [1.29, 1.82) is 0 Å². The molecule has 0 radical (unpaired) electrons. The van der Waals surface area contributed by atoms with Crippen LogP contribution in [0.5, 0.6) is 0 Å². The van der Waals surface area contributed by atoms with Gasteiger partial charge in [0.25, 0.3) is 5.91 Å². The number of hydrogen-bond acceptors (Lipinski definition) is 3. The Morgan fingerprint density at radius 3 is 2.29 bits per heavy atom. The minimum Gasteiger partial charge on any atom is -0.353 e. The molecule has 2 heterocycles. The Morgan fingerprint density at radius 2 is 1.54 bits per heavy atom. The molecular weight excluding hydrogens is 364 g/mol. The third kappa shape index (κ3) is 2.31. The molecule has 3 nitrogen and oxygen atoms in total. The maximum atomic E-state index is 13.1. The number of amides is 1. The van der Waals surface area contributed by atoms with Crippen molar-refractivity contribution in [2.75, 3.05) is 5.32 Å². The lowest BCUT2D eigenvalue weighted by Gasteiger charge is -2.29. The summed E-state index contributed by atoms with van der Waals surface area (Å²) in [5.74, 6) is 0.0650. The summed E-state index contributed by atoms with van der Waals surface area (Å²) in [6.45, 7) is 0. The van der Waals surface area contributed by atoms with Crippen LogP contribution in [0.15, 0.2) is 54.6 Å². The molecular formula is C24H20N2OS. The quantitative estimate of drug-likeness (QED) is 0.408. The van der Waals surface area contributed by atoms with E-state index >= 15 is 0 Å². The maximum absolute atomic E-state index is 13.1. The van der Waals surface area contributed by atoms with E-state index in [1.54, 1.807) is 11.3 Å². The Labute approximate surface area is 167 Å². The van der Waals surface area contributed by atoms with Crippen LogP contribution in [-0.4, -0.2) is 5.91 Å². The molecule has 2 N–H and O–H groups in total. The fourth-order valence-corrected chi connectivity index (χ4v) is 6.10. The van der Waals surface area contributed by atoms with Gasteiger partial charge in [0, 0.05) is 10.4 Å². The van der Waals surface area contributed by atoms with Crippen LogP contribution < -0.4 is 10.6 Å². The molecule has 1 aliphatic carbocycles. The van der Waals surface area contributed by atoms with Crippen molar-refractivity contribution in [2.45, 2.75) is 31.8 Å². The molecule has 0 spiro atoms. The van der Waals surface area contributed by atoms with E-state index in [9.17, 15) is 4.79 Å². The topological polar surface area (TPSA) is 41.1 Å². The van der Waals surface area contributed by atoms with Crippen LogP contribution in [0.1, 0.15) is 45.4 Å². The Kier molecular flexibility index (Phi) is 3.50. The predicted octanol–water partition coefficient (Wildman–Crippen LogP) is 5.79. The van der Waals surface area contributed by atoms with Crippen LogP contribution in [-0.2, 0) is 12.8 Å². The Balaban J connectivity index is 1.56. The second-order valence-electron chi connectivity index (χ2n) is 7.70. The van der Waals surface area contributed by atoms with Gasteiger partial charge in [-0.3, -0.25) is 4.79 Å². The molecule has 3 aromatic carbocycles. The normalized spacial score (nSPS) is 18.4. The van der Waals surface area contributed by atoms with Crippen LogP contribution in [0.25, 0.3) is 21.5 Å². The summed E-state index contributed by atoms with van der Waals surface area (Å²) in [7, 11) is 0. The second kappa shape index (κ2) is 6.08. The number of rotatable bonds is 1. The summed E-state index contributed by atoms with van der Waals surface area (Å²) in [6.07, 6.45) is 4.31. The predicted molar refractivity (Wildman–Crippen MR) is 116 cm³/mol. The van der Waals surface area contributed by atoms with Crippen molar-refractivity contribution in [3.05, 3.63) is 76.2 Å².